The Morgan fingerprint density at radius 2 is 1.96 bits per heavy atom. The van der Waals surface area contributed by atoms with Gasteiger partial charge in [0.15, 0.2) is 11.6 Å². The van der Waals surface area contributed by atoms with Crippen LogP contribution in [0.1, 0.15) is 59.3 Å². The standard InChI is InChI=1S/C23H36O4/c1-4-9-17(2)21(25)13-8-11-19-14-15-22(26)20(19)12-7-5-6-10-18(3)23(27)16-24/h5,7-8,11,14-15,17-21,24-25H,4,6,9-10,12-13,16H2,1-3H3/b7-5-,11-8+/t17?,18?,19-,20+,21?/m0/s1. The first kappa shape index (κ1) is 23.5. The molecule has 0 aromatic rings. The molecule has 2 N–H and O–H groups in total. The fourth-order valence-electron chi connectivity index (χ4n) is 3.40. The van der Waals surface area contributed by atoms with Crippen molar-refractivity contribution in [2.24, 2.45) is 23.7 Å². The first-order valence-corrected chi connectivity index (χ1v) is 10.3. The molecule has 0 aromatic heterocycles. The molecule has 27 heavy (non-hydrogen) atoms. The van der Waals surface area contributed by atoms with Crippen LogP contribution in [0.5, 0.6) is 0 Å². The number of carbonyl (C=O) groups excluding carboxylic acids is 2. The van der Waals surface area contributed by atoms with E-state index < -0.39 is 6.61 Å². The Morgan fingerprint density at radius 3 is 2.63 bits per heavy atom. The molecule has 5 atom stereocenters. The maximum absolute atomic E-state index is 12.1. The summed E-state index contributed by atoms with van der Waals surface area (Å²) in [6.45, 7) is 5.63. The van der Waals surface area contributed by atoms with Crippen LogP contribution >= 0.6 is 0 Å². The zero-order valence-electron chi connectivity index (χ0n) is 17.0. The van der Waals surface area contributed by atoms with E-state index in [1.165, 1.54) is 0 Å². The zero-order chi connectivity index (χ0) is 20.2. The number of rotatable bonds is 13. The molecule has 1 aliphatic carbocycles. The third kappa shape index (κ3) is 8.35. The number of hydrogen-bond acceptors (Lipinski definition) is 4. The molecule has 0 spiro atoms. The second-order valence-corrected chi connectivity index (χ2v) is 7.75. The summed E-state index contributed by atoms with van der Waals surface area (Å²) in [6.07, 6.45) is 16.2. The quantitative estimate of drug-likeness (QED) is 0.476. The summed E-state index contributed by atoms with van der Waals surface area (Å²) in [7, 11) is 0. The first-order chi connectivity index (χ1) is 12.9. The summed E-state index contributed by atoms with van der Waals surface area (Å²) in [4.78, 5) is 23.4. The highest BCUT2D eigenvalue weighted by Gasteiger charge is 2.27. The van der Waals surface area contributed by atoms with E-state index >= 15 is 0 Å². The Bertz CT molecular complexity index is 547. The van der Waals surface area contributed by atoms with Crippen LogP contribution in [0.4, 0.5) is 0 Å². The molecule has 1 rings (SSSR count). The van der Waals surface area contributed by atoms with Crippen molar-refractivity contribution in [3.05, 3.63) is 36.5 Å². The largest absolute Gasteiger partial charge is 0.393 e. The number of aliphatic hydroxyl groups excluding tert-OH is 2. The third-order valence-electron chi connectivity index (χ3n) is 5.48. The van der Waals surface area contributed by atoms with Crippen LogP contribution in [-0.2, 0) is 9.59 Å². The number of hydrogen-bond donors (Lipinski definition) is 2. The van der Waals surface area contributed by atoms with Gasteiger partial charge in [0.05, 0.1) is 6.10 Å². The van der Waals surface area contributed by atoms with Crippen molar-refractivity contribution in [2.75, 3.05) is 6.61 Å². The van der Waals surface area contributed by atoms with E-state index in [1.807, 2.05) is 37.3 Å². The maximum atomic E-state index is 12.1. The van der Waals surface area contributed by atoms with E-state index in [1.54, 1.807) is 6.08 Å². The molecular formula is C23H36O4. The van der Waals surface area contributed by atoms with Gasteiger partial charge in [0.2, 0.25) is 0 Å². The molecule has 4 heteroatoms. The van der Waals surface area contributed by atoms with Gasteiger partial charge in [0, 0.05) is 17.8 Å². The summed E-state index contributed by atoms with van der Waals surface area (Å²) in [5.74, 6) is 0.202. The fourth-order valence-corrected chi connectivity index (χ4v) is 3.40. The van der Waals surface area contributed by atoms with Gasteiger partial charge in [-0.05, 0) is 44.1 Å². The normalized spacial score (nSPS) is 23.4. The van der Waals surface area contributed by atoms with Crippen LogP contribution < -0.4 is 0 Å². The van der Waals surface area contributed by atoms with Crippen molar-refractivity contribution in [1.29, 1.82) is 0 Å². The Labute approximate surface area is 164 Å². The molecular weight excluding hydrogens is 340 g/mol. The second kappa shape index (κ2) is 12.8. The van der Waals surface area contributed by atoms with Crippen molar-refractivity contribution in [2.45, 2.75) is 65.4 Å². The summed E-state index contributed by atoms with van der Waals surface area (Å²) < 4.78 is 0. The molecule has 0 radical (unpaired) electrons. The van der Waals surface area contributed by atoms with Gasteiger partial charge < -0.3 is 10.2 Å². The molecule has 0 amide bonds. The lowest BCUT2D eigenvalue weighted by Crippen LogP contribution is -2.17. The molecule has 3 unspecified atom stereocenters. The number of Topliss-reactive ketones (excluding diaryl/α,β-unsaturated/α-hetero) is 1. The summed E-state index contributed by atoms with van der Waals surface area (Å²) >= 11 is 0. The van der Waals surface area contributed by atoms with E-state index in [9.17, 15) is 14.7 Å². The zero-order valence-corrected chi connectivity index (χ0v) is 17.0. The molecule has 0 aromatic carbocycles. The van der Waals surface area contributed by atoms with Crippen molar-refractivity contribution in [1.82, 2.24) is 0 Å². The lowest BCUT2D eigenvalue weighted by atomic mass is 9.90. The predicted molar refractivity (Wildman–Crippen MR) is 109 cm³/mol. The highest BCUT2D eigenvalue weighted by molar-refractivity contribution is 5.95. The molecule has 0 heterocycles. The van der Waals surface area contributed by atoms with Gasteiger partial charge in [-0.15, -0.1) is 0 Å². The Morgan fingerprint density at radius 1 is 1.22 bits per heavy atom. The second-order valence-electron chi connectivity index (χ2n) is 7.75. The third-order valence-corrected chi connectivity index (χ3v) is 5.48. The van der Waals surface area contributed by atoms with Gasteiger partial charge in [0.25, 0.3) is 0 Å². The maximum Gasteiger partial charge on any atom is 0.160 e. The SMILES string of the molecule is CCCC(C)C(O)C/C=C/[C@H]1C=CC(=O)[C@@H]1C/C=C\CCC(C)C(=O)CO. The van der Waals surface area contributed by atoms with Gasteiger partial charge >= 0.3 is 0 Å². The number of allylic oxidation sites excluding steroid dienone is 5. The molecule has 1 aliphatic rings. The van der Waals surface area contributed by atoms with E-state index in [-0.39, 0.29) is 35.4 Å². The van der Waals surface area contributed by atoms with E-state index in [0.29, 0.717) is 25.2 Å². The van der Waals surface area contributed by atoms with Crippen LogP contribution in [0, 0.1) is 23.7 Å². The minimum Gasteiger partial charge on any atom is -0.393 e. The molecule has 0 saturated heterocycles. The average molecular weight is 377 g/mol. The number of carbonyl (C=O) groups is 2. The highest BCUT2D eigenvalue weighted by Crippen LogP contribution is 2.28. The van der Waals surface area contributed by atoms with E-state index in [2.05, 4.69) is 13.8 Å². The molecule has 0 aliphatic heterocycles. The lowest BCUT2D eigenvalue weighted by molar-refractivity contribution is -0.125. The van der Waals surface area contributed by atoms with Crippen molar-refractivity contribution in [3.8, 4) is 0 Å². The van der Waals surface area contributed by atoms with Gasteiger partial charge in [0.1, 0.15) is 6.61 Å². The first-order valence-electron chi connectivity index (χ1n) is 10.3. The average Bonchev–Trinajstić information content (AvgIpc) is 3.00. The predicted octanol–water partition coefficient (Wildman–Crippen LogP) is 4.03. The molecule has 152 valence electrons. The Kier molecular flexibility index (Phi) is 11.1. The molecule has 0 fully saturated rings. The fraction of sp³-hybridized carbons (Fsp3) is 0.652. The minimum atomic E-state index is -0.396. The van der Waals surface area contributed by atoms with E-state index in [0.717, 1.165) is 19.3 Å². The minimum absolute atomic E-state index is 0.0702. The van der Waals surface area contributed by atoms with Gasteiger partial charge in [-0.3, -0.25) is 9.59 Å². The van der Waals surface area contributed by atoms with Gasteiger partial charge in [-0.2, -0.15) is 0 Å². The van der Waals surface area contributed by atoms with Crippen molar-refractivity contribution >= 4 is 11.6 Å². The molecule has 4 nitrogen and oxygen atoms in total. The van der Waals surface area contributed by atoms with Crippen molar-refractivity contribution < 1.29 is 19.8 Å². The van der Waals surface area contributed by atoms with E-state index in [4.69, 9.17) is 5.11 Å². The van der Waals surface area contributed by atoms with Crippen molar-refractivity contribution in [3.63, 3.8) is 0 Å². The summed E-state index contributed by atoms with van der Waals surface area (Å²) in [5.41, 5.74) is 0. The molecule has 0 saturated carbocycles. The monoisotopic (exact) mass is 376 g/mol. The number of aliphatic hydroxyl groups is 2. The van der Waals surface area contributed by atoms with Gasteiger partial charge in [-0.1, -0.05) is 57.6 Å². The molecule has 0 bridgehead atoms. The Hall–Kier alpha value is -1.52. The van der Waals surface area contributed by atoms with Crippen LogP contribution in [0.3, 0.4) is 0 Å². The smallest absolute Gasteiger partial charge is 0.160 e. The lowest BCUT2D eigenvalue weighted by Gasteiger charge is -2.17. The number of ketones is 2. The topological polar surface area (TPSA) is 74.6 Å². The van der Waals surface area contributed by atoms with Gasteiger partial charge in [-0.25, -0.2) is 0 Å². The highest BCUT2D eigenvalue weighted by atomic mass is 16.3. The van der Waals surface area contributed by atoms with Crippen LogP contribution in [0.25, 0.3) is 0 Å². The van der Waals surface area contributed by atoms with Crippen LogP contribution in [-0.4, -0.2) is 34.5 Å². The van der Waals surface area contributed by atoms with Crippen LogP contribution in [0.2, 0.25) is 0 Å². The summed E-state index contributed by atoms with van der Waals surface area (Å²) in [5, 5.41) is 19.0. The van der Waals surface area contributed by atoms with Crippen LogP contribution in [0.15, 0.2) is 36.5 Å². The Balaban J connectivity index is 2.43. The summed E-state index contributed by atoms with van der Waals surface area (Å²) in [6, 6.07) is 0.